The van der Waals surface area contributed by atoms with E-state index in [9.17, 15) is 9.59 Å². The van der Waals surface area contributed by atoms with E-state index in [-0.39, 0.29) is 12.5 Å². The molecule has 6 nitrogen and oxygen atoms in total. The largest absolute Gasteiger partial charge is 0.481 e. The van der Waals surface area contributed by atoms with Crippen LogP contribution in [0.2, 0.25) is 0 Å². The lowest BCUT2D eigenvalue weighted by Gasteiger charge is -2.10. The van der Waals surface area contributed by atoms with Crippen molar-refractivity contribution in [3.8, 4) is 0 Å². The molecule has 1 aromatic rings. The van der Waals surface area contributed by atoms with Gasteiger partial charge in [0, 0.05) is 26.8 Å². The lowest BCUT2D eigenvalue weighted by atomic mass is 10.0. The van der Waals surface area contributed by atoms with E-state index in [4.69, 9.17) is 9.84 Å². The van der Waals surface area contributed by atoms with Crippen molar-refractivity contribution >= 4 is 12.0 Å². The number of carbonyl (C=O) groups is 2. The van der Waals surface area contributed by atoms with Crippen molar-refractivity contribution in [3.63, 3.8) is 0 Å². The quantitative estimate of drug-likeness (QED) is 0.603. The molecule has 6 heteroatoms. The number of nitrogens with one attached hydrogen (secondary N) is 2. The van der Waals surface area contributed by atoms with E-state index in [1.54, 1.807) is 19.2 Å². The summed E-state index contributed by atoms with van der Waals surface area (Å²) in [5.41, 5.74) is 1.53. The molecular formula is C15H22N2O4. The van der Waals surface area contributed by atoms with E-state index < -0.39 is 5.97 Å². The Balaban J connectivity index is 2.34. The monoisotopic (exact) mass is 294 g/mol. The minimum absolute atomic E-state index is 0.0451. The predicted octanol–water partition coefficient (Wildman–Crippen LogP) is 1.54. The average molecular weight is 294 g/mol. The second kappa shape index (κ2) is 9.77. The molecule has 0 saturated carbocycles. The first kappa shape index (κ1) is 17.0. The zero-order chi connectivity index (χ0) is 15.5. The number of carbonyl (C=O) groups excluding carboxylic acids is 1. The predicted molar refractivity (Wildman–Crippen MR) is 79.1 cm³/mol. The van der Waals surface area contributed by atoms with Gasteiger partial charge in [0.15, 0.2) is 0 Å². The van der Waals surface area contributed by atoms with Crippen LogP contribution in [-0.2, 0) is 22.5 Å². The topological polar surface area (TPSA) is 87.7 Å². The van der Waals surface area contributed by atoms with Gasteiger partial charge in [-0.1, -0.05) is 24.3 Å². The molecule has 1 aromatic carbocycles. The maximum Gasteiger partial charge on any atom is 0.315 e. The summed E-state index contributed by atoms with van der Waals surface area (Å²) in [6.07, 6.45) is 1.71. The highest BCUT2D eigenvalue weighted by molar-refractivity contribution is 5.74. The van der Waals surface area contributed by atoms with E-state index in [1.165, 1.54) is 0 Å². The van der Waals surface area contributed by atoms with Crippen molar-refractivity contribution in [2.45, 2.75) is 25.8 Å². The number of aliphatic carboxylic acids is 1. The van der Waals surface area contributed by atoms with E-state index in [1.807, 2.05) is 12.1 Å². The maximum atomic E-state index is 11.6. The molecule has 0 aliphatic carbocycles. The number of carboxylic acid groups (broad SMARTS) is 1. The Morgan fingerprint density at radius 2 is 1.86 bits per heavy atom. The van der Waals surface area contributed by atoms with Crippen LogP contribution >= 0.6 is 0 Å². The number of carboxylic acids is 1. The highest BCUT2D eigenvalue weighted by Crippen LogP contribution is 2.09. The Morgan fingerprint density at radius 1 is 1.14 bits per heavy atom. The molecule has 0 aromatic heterocycles. The normalized spacial score (nSPS) is 10.1. The molecule has 0 atom stereocenters. The van der Waals surface area contributed by atoms with Crippen LogP contribution in [0, 0.1) is 0 Å². The fourth-order valence-corrected chi connectivity index (χ4v) is 1.88. The van der Waals surface area contributed by atoms with Crippen molar-refractivity contribution < 1.29 is 19.4 Å². The van der Waals surface area contributed by atoms with Gasteiger partial charge in [-0.15, -0.1) is 0 Å². The van der Waals surface area contributed by atoms with Gasteiger partial charge in [0.05, 0.1) is 6.42 Å². The van der Waals surface area contributed by atoms with Crippen LogP contribution in [0.15, 0.2) is 24.3 Å². The van der Waals surface area contributed by atoms with Crippen molar-refractivity contribution in [2.75, 3.05) is 20.3 Å². The van der Waals surface area contributed by atoms with Gasteiger partial charge in [0.1, 0.15) is 0 Å². The second-order valence-corrected chi connectivity index (χ2v) is 4.65. The van der Waals surface area contributed by atoms with Gasteiger partial charge in [-0.05, 0) is 24.0 Å². The van der Waals surface area contributed by atoms with Crippen LogP contribution in [0.4, 0.5) is 4.79 Å². The van der Waals surface area contributed by atoms with E-state index in [0.717, 1.165) is 18.4 Å². The molecule has 0 radical (unpaired) electrons. The third-order valence-corrected chi connectivity index (χ3v) is 2.96. The summed E-state index contributed by atoms with van der Waals surface area (Å²) < 4.78 is 4.92. The number of rotatable bonds is 9. The molecule has 0 heterocycles. The first-order chi connectivity index (χ1) is 10.1. The SMILES string of the molecule is COCCCCNC(=O)NCc1ccccc1CC(=O)O. The summed E-state index contributed by atoms with van der Waals surface area (Å²) in [4.78, 5) is 22.4. The standard InChI is InChI=1S/C15H22N2O4/c1-21-9-5-4-8-16-15(20)17-11-13-7-3-2-6-12(13)10-14(18)19/h2-3,6-7H,4-5,8-11H2,1H3,(H,18,19)(H2,16,17,20). The highest BCUT2D eigenvalue weighted by Gasteiger charge is 2.07. The number of benzene rings is 1. The molecule has 21 heavy (non-hydrogen) atoms. The minimum atomic E-state index is -0.884. The molecule has 0 unspecified atom stereocenters. The zero-order valence-corrected chi connectivity index (χ0v) is 12.2. The number of unbranched alkanes of at least 4 members (excludes halogenated alkanes) is 1. The second-order valence-electron chi connectivity index (χ2n) is 4.65. The van der Waals surface area contributed by atoms with E-state index >= 15 is 0 Å². The Morgan fingerprint density at radius 3 is 2.52 bits per heavy atom. The average Bonchev–Trinajstić information content (AvgIpc) is 2.45. The maximum absolute atomic E-state index is 11.6. The molecule has 0 aliphatic heterocycles. The molecule has 3 N–H and O–H groups in total. The summed E-state index contributed by atoms with van der Waals surface area (Å²) in [6, 6.07) is 6.94. The van der Waals surface area contributed by atoms with Gasteiger partial charge in [-0.25, -0.2) is 4.79 Å². The first-order valence-corrected chi connectivity index (χ1v) is 6.92. The van der Waals surface area contributed by atoms with Crippen molar-refractivity contribution in [1.29, 1.82) is 0 Å². The van der Waals surface area contributed by atoms with Crippen LogP contribution in [0.25, 0.3) is 0 Å². The summed E-state index contributed by atoms with van der Waals surface area (Å²) in [5, 5.41) is 14.3. The van der Waals surface area contributed by atoms with Gasteiger partial charge in [0.25, 0.3) is 0 Å². The summed E-state index contributed by atoms with van der Waals surface area (Å²) in [6.45, 7) is 1.59. The van der Waals surface area contributed by atoms with E-state index in [0.29, 0.717) is 25.3 Å². The van der Waals surface area contributed by atoms with Gasteiger partial charge < -0.3 is 20.5 Å². The molecule has 116 valence electrons. The molecule has 2 amide bonds. The molecule has 0 bridgehead atoms. The highest BCUT2D eigenvalue weighted by atomic mass is 16.5. The number of urea groups is 1. The first-order valence-electron chi connectivity index (χ1n) is 6.92. The Kier molecular flexibility index (Phi) is 7.89. The smallest absolute Gasteiger partial charge is 0.315 e. The van der Waals surface area contributed by atoms with Gasteiger partial charge >= 0.3 is 12.0 Å². The summed E-state index contributed by atoms with van der Waals surface area (Å²) in [7, 11) is 1.65. The molecular weight excluding hydrogens is 272 g/mol. The number of hydrogen-bond acceptors (Lipinski definition) is 3. The molecule has 0 fully saturated rings. The van der Waals surface area contributed by atoms with Crippen LogP contribution in [0.3, 0.4) is 0 Å². The lowest BCUT2D eigenvalue weighted by Crippen LogP contribution is -2.35. The lowest BCUT2D eigenvalue weighted by molar-refractivity contribution is -0.136. The van der Waals surface area contributed by atoms with Crippen LogP contribution in [0.5, 0.6) is 0 Å². The number of ether oxygens (including phenoxy) is 1. The fourth-order valence-electron chi connectivity index (χ4n) is 1.88. The van der Waals surface area contributed by atoms with Crippen LogP contribution in [0.1, 0.15) is 24.0 Å². The van der Waals surface area contributed by atoms with Crippen molar-refractivity contribution in [2.24, 2.45) is 0 Å². The Bertz CT molecular complexity index is 463. The van der Waals surface area contributed by atoms with Gasteiger partial charge in [-0.2, -0.15) is 0 Å². The molecule has 0 saturated heterocycles. The van der Waals surface area contributed by atoms with Crippen molar-refractivity contribution in [1.82, 2.24) is 10.6 Å². The Labute approximate surface area is 124 Å². The van der Waals surface area contributed by atoms with Gasteiger partial charge in [0.2, 0.25) is 0 Å². The molecule has 0 aliphatic rings. The number of methoxy groups -OCH3 is 1. The summed E-state index contributed by atoms with van der Waals surface area (Å²) in [5.74, 6) is -0.884. The zero-order valence-electron chi connectivity index (χ0n) is 12.2. The molecule has 1 rings (SSSR count). The van der Waals surface area contributed by atoms with E-state index in [2.05, 4.69) is 10.6 Å². The molecule has 0 spiro atoms. The van der Waals surface area contributed by atoms with Crippen molar-refractivity contribution in [3.05, 3.63) is 35.4 Å². The Hall–Kier alpha value is -2.08. The third-order valence-electron chi connectivity index (χ3n) is 2.96. The minimum Gasteiger partial charge on any atom is -0.481 e. The summed E-state index contributed by atoms with van der Waals surface area (Å²) >= 11 is 0. The van der Waals surface area contributed by atoms with Crippen LogP contribution < -0.4 is 10.6 Å². The fraction of sp³-hybridized carbons (Fsp3) is 0.467. The number of amides is 2. The van der Waals surface area contributed by atoms with Crippen LogP contribution in [-0.4, -0.2) is 37.4 Å². The number of hydrogen-bond donors (Lipinski definition) is 3. The third kappa shape index (κ3) is 7.31. The van der Waals surface area contributed by atoms with Gasteiger partial charge in [-0.3, -0.25) is 4.79 Å².